The predicted molar refractivity (Wildman–Crippen MR) is 47.3 cm³/mol. The Labute approximate surface area is 72.8 Å². The Morgan fingerprint density at radius 1 is 1.75 bits per heavy atom. The summed E-state index contributed by atoms with van der Waals surface area (Å²) < 4.78 is 4.69. The molecular formula is C9H15NO2. The minimum Gasteiger partial charge on any atom is -0.469 e. The first kappa shape index (κ1) is 9.23. The molecule has 0 aromatic heterocycles. The third kappa shape index (κ3) is 1.84. The number of rotatable bonds is 2. The topological polar surface area (TPSA) is 38.7 Å². The fourth-order valence-corrected chi connectivity index (χ4v) is 1.62. The Hall–Kier alpha value is -0.860. The van der Waals surface area contributed by atoms with Gasteiger partial charge >= 0.3 is 5.97 Å². The zero-order valence-corrected chi connectivity index (χ0v) is 7.67. The monoisotopic (exact) mass is 169 g/mol. The highest BCUT2D eigenvalue weighted by Gasteiger charge is 2.29. The Morgan fingerprint density at radius 3 is 3.08 bits per heavy atom. The van der Waals surface area contributed by atoms with Gasteiger partial charge in [0.25, 0.3) is 0 Å². The maximum Gasteiger partial charge on any atom is 0.314 e. The highest BCUT2D eigenvalue weighted by Crippen LogP contribution is 2.23. The van der Waals surface area contributed by atoms with Crippen molar-refractivity contribution in [2.24, 2.45) is 10.9 Å². The Kier molecular flexibility index (Phi) is 3.26. The van der Waals surface area contributed by atoms with Crippen molar-refractivity contribution >= 4 is 11.7 Å². The van der Waals surface area contributed by atoms with Crippen molar-refractivity contribution in [2.45, 2.75) is 26.2 Å². The summed E-state index contributed by atoms with van der Waals surface area (Å²) in [6, 6.07) is 0. The molecule has 1 unspecified atom stereocenters. The van der Waals surface area contributed by atoms with Crippen LogP contribution < -0.4 is 0 Å². The summed E-state index contributed by atoms with van der Waals surface area (Å²) in [5.41, 5.74) is 1.03. The largest absolute Gasteiger partial charge is 0.469 e. The van der Waals surface area contributed by atoms with Crippen molar-refractivity contribution in [1.82, 2.24) is 0 Å². The van der Waals surface area contributed by atoms with Gasteiger partial charge in [0.2, 0.25) is 0 Å². The van der Waals surface area contributed by atoms with Gasteiger partial charge in [-0.3, -0.25) is 9.79 Å². The lowest BCUT2D eigenvalue weighted by Crippen LogP contribution is -2.20. The van der Waals surface area contributed by atoms with Crippen LogP contribution in [0.2, 0.25) is 0 Å². The van der Waals surface area contributed by atoms with Crippen molar-refractivity contribution in [2.75, 3.05) is 13.7 Å². The molecule has 3 heteroatoms. The Balaban J connectivity index is 2.63. The first-order chi connectivity index (χ1) is 5.79. The molecule has 0 aromatic rings. The number of carbonyl (C=O) groups is 1. The second kappa shape index (κ2) is 4.24. The number of ether oxygens (including phenoxy) is 1. The number of aliphatic imine (C=N–C) groups is 1. The van der Waals surface area contributed by atoms with Gasteiger partial charge in [0.1, 0.15) is 0 Å². The molecule has 68 valence electrons. The van der Waals surface area contributed by atoms with E-state index in [4.69, 9.17) is 4.74 Å². The van der Waals surface area contributed by atoms with E-state index in [1.54, 1.807) is 0 Å². The SMILES string of the molecule is CCN=C1CCCC1C(=O)OC. The summed E-state index contributed by atoms with van der Waals surface area (Å²) in [6.45, 7) is 2.75. The second-order valence-electron chi connectivity index (χ2n) is 2.93. The highest BCUT2D eigenvalue weighted by molar-refractivity contribution is 6.03. The van der Waals surface area contributed by atoms with Gasteiger partial charge in [-0.15, -0.1) is 0 Å². The van der Waals surface area contributed by atoms with E-state index >= 15 is 0 Å². The number of nitrogens with zero attached hydrogens (tertiary/aromatic N) is 1. The quantitative estimate of drug-likeness (QED) is 0.586. The predicted octanol–water partition coefficient (Wildman–Crippen LogP) is 1.42. The maximum absolute atomic E-state index is 11.2. The summed E-state index contributed by atoms with van der Waals surface area (Å²) >= 11 is 0. The Bertz CT molecular complexity index is 199. The molecule has 3 nitrogen and oxygen atoms in total. The molecule has 1 atom stereocenters. The Morgan fingerprint density at radius 2 is 2.50 bits per heavy atom. The molecular weight excluding hydrogens is 154 g/mol. The fourth-order valence-electron chi connectivity index (χ4n) is 1.62. The average molecular weight is 169 g/mol. The minimum absolute atomic E-state index is 0.0463. The molecule has 0 aromatic carbocycles. The van der Waals surface area contributed by atoms with Crippen LogP contribution in [0.3, 0.4) is 0 Å². The maximum atomic E-state index is 11.2. The first-order valence-electron chi connectivity index (χ1n) is 4.40. The van der Waals surface area contributed by atoms with Crippen LogP contribution in [0.4, 0.5) is 0 Å². The van der Waals surface area contributed by atoms with Crippen LogP contribution in [0, 0.1) is 5.92 Å². The number of carbonyl (C=O) groups excluding carboxylic acids is 1. The smallest absolute Gasteiger partial charge is 0.314 e. The summed E-state index contributed by atoms with van der Waals surface area (Å²) in [7, 11) is 1.43. The molecule has 0 aliphatic heterocycles. The normalized spacial score (nSPS) is 26.2. The van der Waals surface area contributed by atoms with Gasteiger partial charge in [0.05, 0.1) is 13.0 Å². The van der Waals surface area contributed by atoms with E-state index < -0.39 is 0 Å². The minimum atomic E-state index is -0.125. The van der Waals surface area contributed by atoms with Gasteiger partial charge in [-0.1, -0.05) is 0 Å². The summed E-state index contributed by atoms with van der Waals surface area (Å²) in [6.07, 6.45) is 2.94. The number of methoxy groups -OCH3 is 1. The average Bonchev–Trinajstić information content (AvgIpc) is 2.52. The second-order valence-corrected chi connectivity index (χ2v) is 2.93. The molecule has 0 saturated heterocycles. The molecule has 0 bridgehead atoms. The molecule has 1 aliphatic carbocycles. The summed E-state index contributed by atoms with van der Waals surface area (Å²) in [4.78, 5) is 15.5. The van der Waals surface area contributed by atoms with Crippen LogP contribution in [0.5, 0.6) is 0 Å². The lowest BCUT2D eigenvalue weighted by Gasteiger charge is -2.07. The van der Waals surface area contributed by atoms with E-state index in [1.165, 1.54) is 7.11 Å². The first-order valence-corrected chi connectivity index (χ1v) is 4.40. The number of hydrogen-bond donors (Lipinski definition) is 0. The third-order valence-electron chi connectivity index (χ3n) is 2.17. The molecule has 1 rings (SSSR count). The number of esters is 1. The van der Waals surface area contributed by atoms with Crippen LogP contribution >= 0.6 is 0 Å². The number of hydrogen-bond acceptors (Lipinski definition) is 3. The van der Waals surface area contributed by atoms with Crippen LogP contribution in [0.15, 0.2) is 4.99 Å². The van der Waals surface area contributed by atoms with Crippen LogP contribution in [0.25, 0.3) is 0 Å². The van der Waals surface area contributed by atoms with E-state index in [1.807, 2.05) is 6.92 Å². The van der Waals surface area contributed by atoms with E-state index in [0.29, 0.717) is 0 Å². The van der Waals surface area contributed by atoms with Gasteiger partial charge in [-0.05, 0) is 26.2 Å². The van der Waals surface area contributed by atoms with Crippen LogP contribution in [-0.4, -0.2) is 25.3 Å². The van der Waals surface area contributed by atoms with E-state index in [2.05, 4.69) is 4.99 Å². The summed E-state index contributed by atoms with van der Waals surface area (Å²) in [5.74, 6) is -0.172. The highest BCUT2D eigenvalue weighted by atomic mass is 16.5. The van der Waals surface area contributed by atoms with Crippen LogP contribution in [-0.2, 0) is 9.53 Å². The molecule has 12 heavy (non-hydrogen) atoms. The zero-order chi connectivity index (χ0) is 8.97. The third-order valence-corrected chi connectivity index (χ3v) is 2.17. The van der Waals surface area contributed by atoms with Crippen molar-refractivity contribution in [1.29, 1.82) is 0 Å². The molecule has 1 saturated carbocycles. The fraction of sp³-hybridized carbons (Fsp3) is 0.778. The van der Waals surface area contributed by atoms with Crippen molar-refractivity contribution in [3.05, 3.63) is 0 Å². The van der Waals surface area contributed by atoms with E-state index in [9.17, 15) is 4.79 Å². The molecule has 0 N–H and O–H groups in total. The lowest BCUT2D eigenvalue weighted by atomic mass is 10.1. The molecule has 1 fully saturated rings. The summed E-state index contributed by atoms with van der Waals surface area (Å²) in [5, 5.41) is 0. The molecule has 0 amide bonds. The molecule has 0 radical (unpaired) electrons. The van der Waals surface area contributed by atoms with Crippen molar-refractivity contribution in [3.63, 3.8) is 0 Å². The van der Waals surface area contributed by atoms with Gasteiger partial charge in [-0.2, -0.15) is 0 Å². The van der Waals surface area contributed by atoms with Crippen molar-refractivity contribution in [3.8, 4) is 0 Å². The van der Waals surface area contributed by atoms with Gasteiger partial charge in [0.15, 0.2) is 0 Å². The van der Waals surface area contributed by atoms with Gasteiger partial charge < -0.3 is 4.74 Å². The van der Waals surface area contributed by atoms with Gasteiger partial charge in [0, 0.05) is 12.3 Å². The molecule has 0 spiro atoms. The van der Waals surface area contributed by atoms with Crippen molar-refractivity contribution < 1.29 is 9.53 Å². The standard InChI is InChI=1S/C9H15NO2/c1-3-10-8-6-4-5-7(8)9(11)12-2/h7H,3-6H2,1-2H3. The van der Waals surface area contributed by atoms with Gasteiger partial charge in [-0.25, -0.2) is 0 Å². The zero-order valence-electron chi connectivity index (χ0n) is 7.67. The van der Waals surface area contributed by atoms with Crippen LogP contribution in [0.1, 0.15) is 26.2 Å². The molecule has 1 aliphatic rings. The molecule has 0 heterocycles. The lowest BCUT2D eigenvalue weighted by molar-refractivity contribution is -0.142. The van der Waals surface area contributed by atoms with E-state index in [0.717, 1.165) is 31.5 Å². The van der Waals surface area contributed by atoms with E-state index in [-0.39, 0.29) is 11.9 Å².